The van der Waals surface area contributed by atoms with E-state index in [9.17, 15) is 4.79 Å². The van der Waals surface area contributed by atoms with Gasteiger partial charge in [-0.15, -0.1) is 0 Å². The van der Waals surface area contributed by atoms with Crippen molar-refractivity contribution >= 4 is 29.1 Å². The molecule has 0 aliphatic carbocycles. The number of aryl methyl sites for hydroxylation is 2. The summed E-state index contributed by atoms with van der Waals surface area (Å²) < 4.78 is 5.17. The van der Waals surface area contributed by atoms with Crippen molar-refractivity contribution in [2.45, 2.75) is 20.8 Å². The second kappa shape index (κ2) is 9.86. The number of carbonyl (C=O) groups excluding carboxylic acids is 1. The molecule has 166 valence electrons. The molecule has 0 unspecified atom stereocenters. The summed E-state index contributed by atoms with van der Waals surface area (Å²) in [6, 6.07) is 19.1. The molecule has 0 bridgehead atoms. The summed E-state index contributed by atoms with van der Waals surface area (Å²) in [4.78, 5) is 30.2. The zero-order chi connectivity index (χ0) is 23.2. The van der Waals surface area contributed by atoms with Crippen LogP contribution in [0.4, 0.5) is 23.1 Å². The summed E-state index contributed by atoms with van der Waals surface area (Å²) in [7, 11) is 0. The highest BCUT2D eigenvalue weighted by molar-refractivity contribution is 5.95. The average molecular weight is 441 g/mol. The molecule has 2 heterocycles. The van der Waals surface area contributed by atoms with Gasteiger partial charge in [0.2, 0.25) is 5.95 Å². The third-order valence-electron chi connectivity index (χ3n) is 4.70. The zero-order valence-electron chi connectivity index (χ0n) is 18.7. The van der Waals surface area contributed by atoms with E-state index < -0.39 is 5.97 Å². The van der Waals surface area contributed by atoms with Crippen LogP contribution >= 0.6 is 0 Å². The first-order chi connectivity index (χ1) is 16.0. The van der Waals surface area contributed by atoms with E-state index in [1.807, 2.05) is 74.5 Å². The van der Waals surface area contributed by atoms with Gasteiger partial charge in [-0.1, -0.05) is 30.3 Å². The number of anilines is 4. The van der Waals surface area contributed by atoms with E-state index in [0.29, 0.717) is 17.6 Å². The molecule has 0 fully saturated rings. The maximum absolute atomic E-state index is 12.4. The Morgan fingerprint density at radius 3 is 2.15 bits per heavy atom. The van der Waals surface area contributed by atoms with Crippen LogP contribution in [0.2, 0.25) is 0 Å². The van der Waals surface area contributed by atoms with Crippen LogP contribution in [0.15, 0.2) is 66.9 Å². The quantitative estimate of drug-likeness (QED) is 0.377. The highest BCUT2D eigenvalue weighted by Crippen LogP contribution is 2.25. The highest BCUT2D eigenvalue weighted by atomic mass is 16.5. The van der Waals surface area contributed by atoms with Crippen LogP contribution in [0.5, 0.6) is 0 Å². The number of rotatable bonds is 7. The number of hydrogen-bond acceptors (Lipinski definition) is 8. The first kappa shape index (κ1) is 21.9. The molecule has 0 radical (unpaired) electrons. The van der Waals surface area contributed by atoms with Crippen LogP contribution in [0.3, 0.4) is 0 Å². The molecule has 33 heavy (non-hydrogen) atoms. The molecule has 2 aromatic heterocycles. The Kier molecular flexibility index (Phi) is 6.54. The molecule has 0 aliphatic heterocycles. The van der Waals surface area contributed by atoms with Gasteiger partial charge in [-0.25, -0.2) is 24.7 Å². The fraction of sp³-hybridized carbons (Fsp3) is 0.160. The Hall–Kier alpha value is -4.33. The SMILES string of the molecule is CCOC(=O)c1cnc(-c2ccccc2)nc1Nc1ccc(Nc2nc(C)cc(C)n2)cc1. The van der Waals surface area contributed by atoms with Gasteiger partial charge in [-0.05, 0) is 51.1 Å². The largest absolute Gasteiger partial charge is 0.462 e. The molecule has 4 aromatic rings. The van der Waals surface area contributed by atoms with Gasteiger partial charge >= 0.3 is 5.97 Å². The number of esters is 1. The minimum atomic E-state index is -0.482. The number of carbonyl (C=O) groups is 1. The smallest absolute Gasteiger partial charge is 0.343 e. The summed E-state index contributed by atoms with van der Waals surface area (Å²) in [5.74, 6) is 0.947. The van der Waals surface area contributed by atoms with Gasteiger partial charge in [0.25, 0.3) is 0 Å². The number of nitrogens with zero attached hydrogens (tertiary/aromatic N) is 4. The fourth-order valence-corrected chi connectivity index (χ4v) is 3.25. The van der Waals surface area contributed by atoms with Crippen molar-refractivity contribution < 1.29 is 9.53 Å². The maximum Gasteiger partial charge on any atom is 0.343 e. The molecule has 8 nitrogen and oxygen atoms in total. The Bertz CT molecular complexity index is 1240. The molecule has 0 atom stereocenters. The average Bonchev–Trinajstić information content (AvgIpc) is 2.80. The van der Waals surface area contributed by atoms with E-state index in [4.69, 9.17) is 4.74 Å². The van der Waals surface area contributed by atoms with Gasteiger partial charge in [0, 0.05) is 34.5 Å². The van der Waals surface area contributed by atoms with Crippen molar-refractivity contribution in [1.29, 1.82) is 0 Å². The van der Waals surface area contributed by atoms with Crippen molar-refractivity contribution in [3.8, 4) is 11.4 Å². The molecule has 4 rings (SSSR count). The fourth-order valence-electron chi connectivity index (χ4n) is 3.25. The molecule has 0 saturated heterocycles. The van der Waals surface area contributed by atoms with Gasteiger partial charge in [0.1, 0.15) is 11.4 Å². The van der Waals surface area contributed by atoms with Crippen molar-refractivity contribution in [1.82, 2.24) is 19.9 Å². The normalized spacial score (nSPS) is 10.5. The topological polar surface area (TPSA) is 102 Å². The van der Waals surface area contributed by atoms with E-state index in [0.717, 1.165) is 28.3 Å². The second-order valence-corrected chi connectivity index (χ2v) is 7.34. The second-order valence-electron chi connectivity index (χ2n) is 7.34. The van der Waals surface area contributed by atoms with Crippen molar-refractivity contribution in [3.05, 3.63) is 83.8 Å². The zero-order valence-corrected chi connectivity index (χ0v) is 18.7. The van der Waals surface area contributed by atoms with Gasteiger partial charge in [-0.2, -0.15) is 0 Å². The third-order valence-corrected chi connectivity index (χ3v) is 4.70. The maximum atomic E-state index is 12.4. The molecular formula is C25H24N6O2. The third kappa shape index (κ3) is 5.48. The lowest BCUT2D eigenvalue weighted by Crippen LogP contribution is -2.11. The van der Waals surface area contributed by atoms with Crippen molar-refractivity contribution in [2.24, 2.45) is 0 Å². The van der Waals surface area contributed by atoms with Crippen LogP contribution in [-0.2, 0) is 4.74 Å². The first-order valence-electron chi connectivity index (χ1n) is 10.6. The lowest BCUT2D eigenvalue weighted by atomic mass is 10.2. The lowest BCUT2D eigenvalue weighted by Gasteiger charge is -2.13. The standard InChI is InChI=1S/C25H24N6O2/c1-4-33-24(32)21-15-26-22(18-8-6-5-7-9-18)31-23(21)29-19-10-12-20(13-11-19)30-25-27-16(2)14-17(3)28-25/h5-15H,4H2,1-3H3,(H,26,29,31)(H,27,28,30). The monoisotopic (exact) mass is 440 g/mol. The van der Waals surface area contributed by atoms with Gasteiger partial charge < -0.3 is 15.4 Å². The van der Waals surface area contributed by atoms with Gasteiger partial charge in [0.05, 0.1) is 6.61 Å². The summed E-state index contributed by atoms with van der Waals surface area (Å²) in [6.45, 7) is 5.88. The Morgan fingerprint density at radius 2 is 1.52 bits per heavy atom. The molecule has 0 saturated carbocycles. The number of aromatic nitrogens is 4. The predicted molar refractivity (Wildman–Crippen MR) is 128 cm³/mol. The number of hydrogen-bond donors (Lipinski definition) is 2. The molecule has 0 amide bonds. The van der Waals surface area contributed by atoms with E-state index in [1.54, 1.807) is 6.92 Å². The first-order valence-corrected chi connectivity index (χ1v) is 10.6. The van der Waals surface area contributed by atoms with Gasteiger partial charge in [-0.3, -0.25) is 0 Å². The number of ether oxygens (including phenoxy) is 1. The van der Waals surface area contributed by atoms with Crippen LogP contribution in [-0.4, -0.2) is 32.5 Å². The Labute approximate surface area is 192 Å². The minimum absolute atomic E-state index is 0.263. The minimum Gasteiger partial charge on any atom is -0.462 e. The van der Waals surface area contributed by atoms with Crippen LogP contribution in [0.1, 0.15) is 28.7 Å². The summed E-state index contributed by atoms with van der Waals surface area (Å²) >= 11 is 0. The van der Waals surface area contributed by atoms with E-state index in [2.05, 4.69) is 30.6 Å². The lowest BCUT2D eigenvalue weighted by molar-refractivity contribution is 0.0526. The molecule has 2 N–H and O–H groups in total. The van der Waals surface area contributed by atoms with E-state index in [-0.39, 0.29) is 12.2 Å². The Morgan fingerprint density at radius 1 is 0.879 bits per heavy atom. The van der Waals surface area contributed by atoms with E-state index in [1.165, 1.54) is 6.20 Å². The number of benzene rings is 2. The van der Waals surface area contributed by atoms with Crippen LogP contribution < -0.4 is 10.6 Å². The molecular weight excluding hydrogens is 416 g/mol. The molecule has 2 aromatic carbocycles. The summed E-state index contributed by atoms with van der Waals surface area (Å²) in [5.41, 5.74) is 4.50. The summed E-state index contributed by atoms with van der Waals surface area (Å²) in [5, 5.41) is 6.42. The predicted octanol–water partition coefficient (Wildman–Crippen LogP) is 5.21. The molecule has 0 aliphatic rings. The van der Waals surface area contributed by atoms with Crippen LogP contribution in [0.25, 0.3) is 11.4 Å². The number of nitrogens with one attached hydrogen (secondary N) is 2. The van der Waals surface area contributed by atoms with Crippen molar-refractivity contribution in [2.75, 3.05) is 17.2 Å². The van der Waals surface area contributed by atoms with Crippen molar-refractivity contribution in [3.63, 3.8) is 0 Å². The summed E-state index contributed by atoms with van der Waals surface area (Å²) in [6.07, 6.45) is 1.49. The molecule has 8 heteroatoms. The Balaban J connectivity index is 1.59. The van der Waals surface area contributed by atoms with E-state index >= 15 is 0 Å². The molecule has 0 spiro atoms. The highest BCUT2D eigenvalue weighted by Gasteiger charge is 2.17. The van der Waals surface area contributed by atoms with Crippen LogP contribution in [0, 0.1) is 13.8 Å². The van der Waals surface area contributed by atoms with Gasteiger partial charge in [0.15, 0.2) is 5.82 Å².